The third kappa shape index (κ3) is 6.54. The highest BCUT2D eigenvalue weighted by atomic mass is 127. The van der Waals surface area contributed by atoms with Gasteiger partial charge >= 0.3 is 0 Å². The monoisotopic (exact) mass is 453 g/mol. The summed E-state index contributed by atoms with van der Waals surface area (Å²) in [6.45, 7) is 1.27. The van der Waals surface area contributed by atoms with E-state index in [1.54, 1.807) is 14.2 Å². The number of rotatable bonds is 5. The van der Waals surface area contributed by atoms with Gasteiger partial charge in [0.25, 0.3) is 0 Å². The van der Waals surface area contributed by atoms with Crippen molar-refractivity contribution in [2.45, 2.75) is 13.0 Å². The van der Waals surface area contributed by atoms with Crippen LogP contribution in [-0.2, 0) is 16.4 Å². The van der Waals surface area contributed by atoms with Crippen LogP contribution in [0.5, 0.6) is 5.75 Å². The molecule has 0 aromatic heterocycles. The summed E-state index contributed by atoms with van der Waals surface area (Å²) < 4.78 is 28.0. The van der Waals surface area contributed by atoms with Crippen molar-refractivity contribution in [1.29, 1.82) is 0 Å². The average Bonchev–Trinajstić information content (AvgIpc) is 2.87. The van der Waals surface area contributed by atoms with E-state index in [0.717, 1.165) is 17.7 Å². The second kappa shape index (κ2) is 9.31. The minimum Gasteiger partial charge on any atom is -0.497 e. The van der Waals surface area contributed by atoms with Gasteiger partial charge in [0.2, 0.25) is 0 Å². The largest absolute Gasteiger partial charge is 0.497 e. The van der Waals surface area contributed by atoms with E-state index >= 15 is 0 Å². The Morgan fingerprint density at radius 2 is 2.00 bits per heavy atom. The molecule has 0 aliphatic carbocycles. The van der Waals surface area contributed by atoms with Gasteiger partial charge in [0.15, 0.2) is 15.8 Å². The lowest BCUT2D eigenvalue weighted by Crippen LogP contribution is -2.39. The number of sulfone groups is 1. The molecule has 23 heavy (non-hydrogen) atoms. The van der Waals surface area contributed by atoms with Crippen LogP contribution >= 0.6 is 24.0 Å². The van der Waals surface area contributed by atoms with Gasteiger partial charge in [-0.3, -0.25) is 4.99 Å². The molecule has 1 heterocycles. The van der Waals surface area contributed by atoms with Crippen LogP contribution in [0.1, 0.15) is 12.0 Å². The Morgan fingerprint density at radius 1 is 1.30 bits per heavy atom. The molecule has 0 spiro atoms. The van der Waals surface area contributed by atoms with E-state index < -0.39 is 9.84 Å². The smallest absolute Gasteiger partial charge is 0.191 e. The number of nitrogens with one attached hydrogen (secondary N) is 2. The number of benzene rings is 1. The fourth-order valence-electron chi connectivity index (χ4n) is 2.42. The Kier molecular flexibility index (Phi) is 8.10. The van der Waals surface area contributed by atoms with Crippen LogP contribution in [-0.4, -0.2) is 46.6 Å². The van der Waals surface area contributed by atoms with Gasteiger partial charge in [-0.1, -0.05) is 12.1 Å². The standard InChI is InChI=1S/C15H23N3O3S.HI/c1-16-15(18-10-13-7-8-22(19,20)11-13)17-9-12-3-5-14(21-2)6-4-12;/h3-6,13H,7-11H2,1-2H3,(H2,16,17,18);1H. The molecule has 2 rings (SSSR count). The van der Waals surface area contributed by atoms with Crippen molar-refractivity contribution in [3.8, 4) is 5.75 Å². The van der Waals surface area contributed by atoms with Crippen molar-refractivity contribution in [3.63, 3.8) is 0 Å². The summed E-state index contributed by atoms with van der Waals surface area (Å²) in [7, 11) is 0.520. The molecule has 0 saturated carbocycles. The van der Waals surface area contributed by atoms with Gasteiger partial charge in [0.1, 0.15) is 5.75 Å². The topological polar surface area (TPSA) is 79.8 Å². The zero-order valence-electron chi connectivity index (χ0n) is 13.4. The third-order valence-corrected chi connectivity index (χ3v) is 5.56. The molecule has 0 bridgehead atoms. The van der Waals surface area contributed by atoms with Gasteiger partial charge in [0, 0.05) is 20.1 Å². The number of guanidine groups is 1. The van der Waals surface area contributed by atoms with E-state index in [9.17, 15) is 8.42 Å². The first kappa shape index (κ1) is 20.0. The molecule has 6 nitrogen and oxygen atoms in total. The molecule has 1 unspecified atom stereocenters. The molecule has 1 aromatic rings. The highest BCUT2D eigenvalue weighted by Gasteiger charge is 2.27. The molecule has 1 saturated heterocycles. The van der Waals surface area contributed by atoms with Crippen LogP contribution in [0.2, 0.25) is 0 Å². The number of hydrogen-bond donors (Lipinski definition) is 2. The molecular formula is C15H24IN3O3S. The van der Waals surface area contributed by atoms with Crippen molar-refractivity contribution in [3.05, 3.63) is 29.8 Å². The van der Waals surface area contributed by atoms with Gasteiger partial charge in [-0.15, -0.1) is 24.0 Å². The first-order chi connectivity index (χ1) is 10.5. The zero-order chi connectivity index (χ0) is 16.0. The van der Waals surface area contributed by atoms with Gasteiger partial charge < -0.3 is 15.4 Å². The summed E-state index contributed by atoms with van der Waals surface area (Å²) in [4.78, 5) is 4.15. The third-order valence-electron chi connectivity index (χ3n) is 3.73. The van der Waals surface area contributed by atoms with Gasteiger partial charge in [0.05, 0.1) is 18.6 Å². The van der Waals surface area contributed by atoms with E-state index in [1.165, 1.54) is 0 Å². The van der Waals surface area contributed by atoms with E-state index in [2.05, 4.69) is 15.6 Å². The van der Waals surface area contributed by atoms with Crippen molar-refractivity contribution >= 4 is 39.8 Å². The second-order valence-electron chi connectivity index (χ2n) is 5.42. The lowest BCUT2D eigenvalue weighted by atomic mass is 10.1. The molecular weight excluding hydrogens is 429 g/mol. The highest BCUT2D eigenvalue weighted by molar-refractivity contribution is 14.0. The maximum Gasteiger partial charge on any atom is 0.191 e. The molecule has 1 aliphatic heterocycles. The van der Waals surface area contributed by atoms with Gasteiger partial charge in [-0.25, -0.2) is 8.42 Å². The van der Waals surface area contributed by atoms with E-state index in [-0.39, 0.29) is 35.6 Å². The van der Waals surface area contributed by atoms with Crippen molar-refractivity contribution in [2.24, 2.45) is 10.9 Å². The molecule has 130 valence electrons. The summed E-state index contributed by atoms with van der Waals surface area (Å²) in [6.07, 6.45) is 0.727. The van der Waals surface area contributed by atoms with E-state index in [4.69, 9.17) is 4.74 Å². The molecule has 1 atom stereocenters. The van der Waals surface area contributed by atoms with Crippen LogP contribution < -0.4 is 15.4 Å². The Bertz CT molecular complexity index is 617. The number of nitrogens with zero attached hydrogens (tertiary/aromatic N) is 1. The lowest BCUT2D eigenvalue weighted by Gasteiger charge is -2.14. The quantitative estimate of drug-likeness (QED) is 0.401. The number of aliphatic imine (C=N–C) groups is 1. The normalized spacial score (nSPS) is 19.7. The van der Waals surface area contributed by atoms with Crippen LogP contribution in [0.4, 0.5) is 0 Å². The molecule has 1 aliphatic rings. The van der Waals surface area contributed by atoms with E-state index in [0.29, 0.717) is 24.8 Å². The maximum atomic E-state index is 11.4. The Hall–Kier alpha value is -1.03. The van der Waals surface area contributed by atoms with Gasteiger partial charge in [-0.05, 0) is 30.0 Å². The summed E-state index contributed by atoms with van der Waals surface area (Å²) in [6, 6.07) is 7.80. The predicted octanol–water partition coefficient (Wildman–Crippen LogP) is 1.41. The molecule has 0 amide bonds. The van der Waals surface area contributed by atoms with Crippen LogP contribution in [0, 0.1) is 5.92 Å². The molecule has 0 radical (unpaired) electrons. The molecule has 1 aromatic carbocycles. The number of halogens is 1. The highest BCUT2D eigenvalue weighted by Crippen LogP contribution is 2.17. The number of methoxy groups -OCH3 is 1. The summed E-state index contributed by atoms with van der Waals surface area (Å²) in [5.74, 6) is 2.26. The van der Waals surface area contributed by atoms with E-state index in [1.807, 2.05) is 24.3 Å². The Balaban J connectivity index is 0.00000264. The SMILES string of the molecule is CN=C(NCc1ccc(OC)cc1)NCC1CCS(=O)(=O)C1.I. The van der Waals surface area contributed by atoms with Crippen molar-refractivity contribution in [1.82, 2.24) is 10.6 Å². The minimum absolute atomic E-state index is 0. The predicted molar refractivity (Wildman–Crippen MR) is 103 cm³/mol. The first-order valence-corrected chi connectivity index (χ1v) is 9.12. The second-order valence-corrected chi connectivity index (χ2v) is 7.65. The molecule has 8 heteroatoms. The van der Waals surface area contributed by atoms with Crippen LogP contribution in [0.25, 0.3) is 0 Å². The molecule has 1 fully saturated rings. The Labute approximate surface area is 155 Å². The van der Waals surface area contributed by atoms with Crippen molar-refractivity contribution < 1.29 is 13.2 Å². The molecule has 2 N–H and O–H groups in total. The lowest BCUT2D eigenvalue weighted by molar-refractivity contribution is 0.414. The fourth-order valence-corrected chi connectivity index (χ4v) is 4.29. The minimum atomic E-state index is -2.82. The maximum absolute atomic E-state index is 11.4. The first-order valence-electron chi connectivity index (χ1n) is 7.30. The number of ether oxygens (including phenoxy) is 1. The van der Waals surface area contributed by atoms with Gasteiger partial charge in [-0.2, -0.15) is 0 Å². The van der Waals surface area contributed by atoms with Crippen LogP contribution in [0.3, 0.4) is 0 Å². The zero-order valence-corrected chi connectivity index (χ0v) is 16.6. The summed E-state index contributed by atoms with van der Waals surface area (Å²) in [5.41, 5.74) is 1.12. The van der Waals surface area contributed by atoms with Crippen molar-refractivity contribution in [2.75, 3.05) is 32.2 Å². The average molecular weight is 453 g/mol. The van der Waals surface area contributed by atoms with Crippen LogP contribution in [0.15, 0.2) is 29.3 Å². The summed E-state index contributed by atoms with van der Waals surface area (Å²) >= 11 is 0. The summed E-state index contributed by atoms with van der Waals surface area (Å²) in [5, 5.41) is 6.41. The fraction of sp³-hybridized carbons (Fsp3) is 0.533. The Morgan fingerprint density at radius 3 is 2.52 bits per heavy atom. The number of hydrogen-bond acceptors (Lipinski definition) is 4.